The van der Waals surface area contributed by atoms with Crippen LogP contribution in [0.2, 0.25) is 0 Å². The fourth-order valence-corrected chi connectivity index (χ4v) is 3.07. The van der Waals surface area contributed by atoms with Crippen LogP contribution in [0.15, 0.2) is 0 Å². The first-order valence-electron chi connectivity index (χ1n) is 6.60. The van der Waals surface area contributed by atoms with Gasteiger partial charge in [-0.1, -0.05) is 13.8 Å². The van der Waals surface area contributed by atoms with Crippen LogP contribution in [0.25, 0.3) is 0 Å². The molecule has 2 fully saturated rings. The first-order valence-corrected chi connectivity index (χ1v) is 6.60. The van der Waals surface area contributed by atoms with Crippen LogP contribution in [0.5, 0.6) is 0 Å². The van der Waals surface area contributed by atoms with Crippen LogP contribution in [0, 0.1) is 10.8 Å². The SMILES string of the molecule is CCC1(CC)CCN(CC2(CN)CC2)C1. The van der Waals surface area contributed by atoms with E-state index < -0.39 is 0 Å². The van der Waals surface area contributed by atoms with E-state index in [0.29, 0.717) is 10.8 Å². The van der Waals surface area contributed by atoms with E-state index in [1.54, 1.807) is 0 Å². The standard InChI is InChI=1S/C13H26N2/c1-3-12(4-2)7-8-15(10-12)11-13(9-14)5-6-13/h3-11,14H2,1-2H3. The summed E-state index contributed by atoms with van der Waals surface area (Å²) in [7, 11) is 0. The van der Waals surface area contributed by atoms with Crippen molar-refractivity contribution < 1.29 is 0 Å². The lowest BCUT2D eigenvalue weighted by molar-refractivity contribution is 0.212. The van der Waals surface area contributed by atoms with Gasteiger partial charge >= 0.3 is 0 Å². The molecule has 15 heavy (non-hydrogen) atoms. The molecule has 2 N–H and O–H groups in total. The molecule has 0 bridgehead atoms. The van der Waals surface area contributed by atoms with Gasteiger partial charge in [0.1, 0.15) is 0 Å². The first kappa shape index (κ1) is 11.4. The summed E-state index contributed by atoms with van der Waals surface area (Å²) in [6.45, 7) is 9.50. The predicted octanol–water partition coefficient (Wildman–Crippen LogP) is 2.24. The van der Waals surface area contributed by atoms with Gasteiger partial charge in [-0.3, -0.25) is 0 Å². The molecule has 0 aromatic heterocycles. The van der Waals surface area contributed by atoms with Gasteiger partial charge in [-0.15, -0.1) is 0 Å². The minimum Gasteiger partial charge on any atom is -0.330 e. The van der Waals surface area contributed by atoms with Crippen LogP contribution in [-0.2, 0) is 0 Å². The maximum atomic E-state index is 5.85. The van der Waals surface area contributed by atoms with E-state index in [4.69, 9.17) is 5.73 Å². The van der Waals surface area contributed by atoms with Gasteiger partial charge < -0.3 is 10.6 Å². The molecule has 1 saturated carbocycles. The summed E-state index contributed by atoms with van der Waals surface area (Å²) in [5, 5.41) is 0. The summed E-state index contributed by atoms with van der Waals surface area (Å²) < 4.78 is 0. The quantitative estimate of drug-likeness (QED) is 0.754. The molecule has 2 aliphatic rings. The van der Waals surface area contributed by atoms with Crippen LogP contribution < -0.4 is 5.73 Å². The number of nitrogens with zero attached hydrogens (tertiary/aromatic N) is 1. The Bertz CT molecular complexity index is 217. The summed E-state index contributed by atoms with van der Waals surface area (Å²) in [5.41, 5.74) is 7.01. The molecule has 2 rings (SSSR count). The minimum atomic E-state index is 0.525. The maximum Gasteiger partial charge on any atom is 0.00503 e. The van der Waals surface area contributed by atoms with Crippen molar-refractivity contribution in [1.29, 1.82) is 0 Å². The normalized spacial score (nSPS) is 28.2. The van der Waals surface area contributed by atoms with Crippen molar-refractivity contribution in [2.75, 3.05) is 26.2 Å². The van der Waals surface area contributed by atoms with E-state index in [-0.39, 0.29) is 0 Å². The van der Waals surface area contributed by atoms with Crippen LogP contribution in [0.1, 0.15) is 46.0 Å². The van der Waals surface area contributed by atoms with Crippen LogP contribution in [-0.4, -0.2) is 31.1 Å². The first-order chi connectivity index (χ1) is 7.17. The molecular weight excluding hydrogens is 184 g/mol. The monoisotopic (exact) mass is 210 g/mol. The molecule has 0 amide bonds. The molecule has 1 aliphatic carbocycles. The lowest BCUT2D eigenvalue weighted by atomic mass is 9.82. The fraction of sp³-hybridized carbons (Fsp3) is 1.00. The van der Waals surface area contributed by atoms with Crippen molar-refractivity contribution in [2.24, 2.45) is 16.6 Å². The second kappa shape index (κ2) is 4.06. The van der Waals surface area contributed by atoms with Crippen molar-refractivity contribution >= 4 is 0 Å². The number of likely N-dealkylation sites (tertiary alicyclic amines) is 1. The Labute approximate surface area is 94.2 Å². The van der Waals surface area contributed by atoms with Crippen LogP contribution in [0.4, 0.5) is 0 Å². The maximum absolute atomic E-state index is 5.85. The minimum absolute atomic E-state index is 0.525. The van der Waals surface area contributed by atoms with Gasteiger partial charge in [0.05, 0.1) is 0 Å². The van der Waals surface area contributed by atoms with Gasteiger partial charge in [0, 0.05) is 13.1 Å². The molecule has 0 atom stereocenters. The van der Waals surface area contributed by atoms with Gasteiger partial charge in [0.25, 0.3) is 0 Å². The third-order valence-corrected chi connectivity index (χ3v) is 4.97. The van der Waals surface area contributed by atoms with E-state index in [9.17, 15) is 0 Å². The Hall–Kier alpha value is -0.0800. The van der Waals surface area contributed by atoms with Gasteiger partial charge in [0.15, 0.2) is 0 Å². The van der Waals surface area contributed by atoms with E-state index in [1.165, 1.54) is 51.7 Å². The predicted molar refractivity (Wildman–Crippen MR) is 64.8 cm³/mol. The molecule has 0 radical (unpaired) electrons. The van der Waals surface area contributed by atoms with Crippen LogP contribution in [0.3, 0.4) is 0 Å². The van der Waals surface area contributed by atoms with Crippen molar-refractivity contribution in [1.82, 2.24) is 4.90 Å². The Morgan fingerprint density at radius 2 is 1.73 bits per heavy atom. The molecular formula is C13H26N2. The third kappa shape index (κ3) is 2.21. The Kier molecular flexibility index (Phi) is 3.09. The molecule has 1 aliphatic heterocycles. The van der Waals surface area contributed by atoms with E-state index >= 15 is 0 Å². The molecule has 2 nitrogen and oxygen atoms in total. The lowest BCUT2D eigenvalue weighted by Crippen LogP contribution is -2.34. The second-order valence-corrected chi connectivity index (χ2v) is 5.87. The summed E-state index contributed by atoms with van der Waals surface area (Å²) >= 11 is 0. The molecule has 0 unspecified atom stereocenters. The topological polar surface area (TPSA) is 29.3 Å². The highest BCUT2D eigenvalue weighted by Crippen LogP contribution is 2.47. The van der Waals surface area contributed by atoms with E-state index in [2.05, 4.69) is 18.7 Å². The van der Waals surface area contributed by atoms with Crippen LogP contribution >= 0.6 is 0 Å². The summed E-state index contributed by atoms with van der Waals surface area (Å²) in [6.07, 6.45) is 6.82. The Morgan fingerprint density at radius 1 is 1.07 bits per heavy atom. The summed E-state index contributed by atoms with van der Waals surface area (Å²) in [6, 6.07) is 0. The number of hydrogen-bond acceptors (Lipinski definition) is 2. The molecule has 0 aromatic rings. The average molecular weight is 210 g/mol. The van der Waals surface area contributed by atoms with Crippen molar-refractivity contribution in [3.8, 4) is 0 Å². The molecule has 0 spiro atoms. The Morgan fingerprint density at radius 3 is 2.13 bits per heavy atom. The molecule has 1 saturated heterocycles. The largest absolute Gasteiger partial charge is 0.330 e. The highest BCUT2D eigenvalue weighted by Gasteiger charge is 2.45. The van der Waals surface area contributed by atoms with Crippen molar-refractivity contribution in [3.05, 3.63) is 0 Å². The molecule has 0 aromatic carbocycles. The van der Waals surface area contributed by atoms with Crippen molar-refractivity contribution in [2.45, 2.75) is 46.0 Å². The average Bonchev–Trinajstić information content (AvgIpc) is 2.92. The zero-order valence-electron chi connectivity index (χ0n) is 10.4. The Balaban J connectivity index is 1.87. The highest BCUT2D eigenvalue weighted by atomic mass is 15.2. The number of rotatable bonds is 5. The van der Waals surface area contributed by atoms with E-state index in [0.717, 1.165) is 6.54 Å². The zero-order chi connectivity index (χ0) is 10.9. The van der Waals surface area contributed by atoms with Crippen molar-refractivity contribution in [3.63, 3.8) is 0 Å². The van der Waals surface area contributed by atoms with E-state index in [1.807, 2.05) is 0 Å². The lowest BCUT2D eigenvalue weighted by Gasteiger charge is -2.28. The second-order valence-electron chi connectivity index (χ2n) is 5.87. The number of hydrogen-bond donors (Lipinski definition) is 1. The highest BCUT2D eigenvalue weighted by molar-refractivity contribution is 4.99. The smallest absolute Gasteiger partial charge is 0.00503 e. The summed E-state index contributed by atoms with van der Waals surface area (Å²) in [4.78, 5) is 2.67. The fourth-order valence-electron chi connectivity index (χ4n) is 3.07. The summed E-state index contributed by atoms with van der Waals surface area (Å²) in [5.74, 6) is 0. The van der Waals surface area contributed by atoms with Gasteiger partial charge in [0.2, 0.25) is 0 Å². The molecule has 2 heteroatoms. The molecule has 1 heterocycles. The molecule has 88 valence electrons. The number of nitrogens with two attached hydrogens (primary N) is 1. The third-order valence-electron chi connectivity index (χ3n) is 4.97. The zero-order valence-corrected chi connectivity index (χ0v) is 10.4. The van der Waals surface area contributed by atoms with Gasteiger partial charge in [-0.25, -0.2) is 0 Å². The van der Waals surface area contributed by atoms with Gasteiger partial charge in [-0.05, 0) is 56.0 Å². The van der Waals surface area contributed by atoms with Gasteiger partial charge in [-0.2, -0.15) is 0 Å².